The van der Waals surface area contributed by atoms with Crippen LogP contribution in [0, 0.1) is 4.91 Å². The molecule has 6 nitrogen and oxygen atoms in total. The molecule has 86 valence electrons. The fraction of sp³-hybridized carbons (Fsp3) is 0.889. The van der Waals surface area contributed by atoms with E-state index < -0.39 is 5.97 Å². The van der Waals surface area contributed by atoms with Crippen LogP contribution in [0.5, 0.6) is 0 Å². The molecule has 0 spiro atoms. The Bertz CT molecular complexity index is 235. The number of likely N-dealkylation sites (tertiary alicyclic amines) is 1. The van der Waals surface area contributed by atoms with E-state index in [0.29, 0.717) is 6.54 Å². The van der Waals surface area contributed by atoms with Gasteiger partial charge >= 0.3 is 5.97 Å². The molecule has 0 aliphatic carbocycles. The molecule has 1 heterocycles. The monoisotopic (exact) mass is 215 g/mol. The van der Waals surface area contributed by atoms with Crippen molar-refractivity contribution in [2.75, 3.05) is 26.7 Å². The number of likely N-dealkylation sites (N-methyl/N-ethyl adjacent to an activating group) is 1. The maximum Gasteiger partial charge on any atom is 0.304 e. The molecule has 0 aromatic rings. The van der Waals surface area contributed by atoms with Crippen molar-refractivity contribution in [3.63, 3.8) is 0 Å². The van der Waals surface area contributed by atoms with Gasteiger partial charge in [0.2, 0.25) is 0 Å². The van der Waals surface area contributed by atoms with Crippen LogP contribution in [0.1, 0.15) is 19.3 Å². The second-order valence-corrected chi connectivity index (χ2v) is 3.90. The van der Waals surface area contributed by atoms with Gasteiger partial charge in [0.25, 0.3) is 0 Å². The second kappa shape index (κ2) is 5.65. The van der Waals surface area contributed by atoms with Crippen molar-refractivity contribution in [3.8, 4) is 0 Å². The van der Waals surface area contributed by atoms with Gasteiger partial charge < -0.3 is 10.0 Å². The quantitative estimate of drug-likeness (QED) is 0.535. The summed E-state index contributed by atoms with van der Waals surface area (Å²) in [5.41, 5.74) is 0. The van der Waals surface area contributed by atoms with Gasteiger partial charge in [0.1, 0.15) is 0 Å². The molecule has 6 heteroatoms. The molecular formula is C9H17N3O3. The summed E-state index contributed by atoms with van der Waals surface area (Å²) >= 11 is 0. The molecule has 1 aliphatic heterocycles. The Hall–Kier alpha value is -1.17. The fourth-order valence-electron chi connectivity index (χ4n) is 1.86. The van der Waals surface area contributed by atoms with Crippen molar-refractivity contribution in [1.29, 1.82) is 0 Å². The Morgan fingerprint density at radius 2 is 2.40 bits per heavy atom. The van der Waals surface area contributed by atoms with Gasteiger partial charge in [-0.3, -0.25) is 9.80 Å². The van der Waals surface area contributed by atoms with Crippen LogP contribution in [0.25, 0.3) is 0 Å². The van der Waals surface area contributed by atoms with Gasteiger partial charge in [0.15, 0.2) is 0 Å². The number of carboxylic acids is 1. The standard InChI is InChI=1S/C9H17N3O3/c1-11(10-15)8-3-2-5-12(7-8)6-4-9(13)14/h8H,2-7H2,1H3,(H,13,14). The third kappa shape index (κ3) is 3.83. The third-order valence-electron chi connectivity index (χ3n) is 2.78. The molecule has 1 fully saturated rings. The van der Waals surface area contributed by atoms with Gasteiger partial charge in [-0.1, -0.05) is 0 Å². The molecule has 0 saturated carbocycles. The first-order chi connectivity index (χ1) is 7.13. The topological polar surface area (TPSA) is 73.2 Å². The normalized spacial score (nSPS) is 22.3. The van der Waals surface area contributed by atoms with Crippen LogP contribution in [0.2, 0.25) is 0 Å². The lowest BCUT2D eigenvalue weighted by Crippen LogP contribution is -2.45. The van der Waals surface area contributed by atoms with E-state index in [4.69, 9.17) is 5.11 Å². The van der Waals surface area contributed by atoms with Crippen LogP contribution in [0.15, 0.2) is 5.29 Å². The van der Waals surface area contributed by atoms with E-state index in [2.05, 4.69) is 10.2 Å². The predicted octanol–water partition coefficient (Wildman–Crippen LogP) is 0.539. The van der Waals surface area contributed by atoms with E-state index in [1.54, 1.807) is 7.05 Å². The van der Waals surface area contributed by atoms with Gasteiger partial charge in [0, 0.05) is 20.1 Å². The summed E-state index contributed by atoms with van der Waals surface area (Å²) in [4.78, 5) is 22.8. The summed E-state index contributed by atoms with van der Waals surface area (Å²) in [5.74, 6) is -0.779. The minimum atomic E-state index is -0.779. The Balaban J connectivity index is 2.35. The lowest BCUT2D eigenvalue weighted by molar-refractivity contribution is -0.137. The van der Waals surface area contributed by atoms with Gasteiger partial charge in [-0.05, 0) is 19.4 Å². The summed E-state index contributed by atoms with van der Waals surface area (Å²) in [6.45, 7) is 2.20. The van der Waals surface area contributed by atoms with Crippen molar-refractivity contribution < 1.29 is 9.90 Å². The Kier molecular flexibility index (Phi) is 4.48. The number of aliphatic carboxylic acids is 1. The molecular weight excluding hydrogens is 198 g/mol. The molecule has 1 aliphatic rings. The van der Waals surface area contributed by atoms with Crippen LogP contribution in [-0.2, 0) is 4.79 Å². The first-order valence-electron chi connectivity index (χ1n) is 5.13. The number of nitrogens with zero attached hydrogens (tertiary/aromatic N) is 3. The number of carbonyl (C=O) groups is 1. The van der Waals surface area contributed by atoms with Gasteiger partial charge in [0.05, 0.1) is 17.7 Å². The Morgan fingerprint density at radius 3 is 3.00 bits per heavy atom. The molecule has 1 N–H and O–H groups in total. The smallest absolute Gasteiger partial charge is 0.304 e. The number of nitroso groups, excluding NO2 is 1. The zero-order valence-electron chi connectivity index (χ0n) is 8.93. The van der Waals surface area contributed by atoms with Crippen LogP contribution in [-0.4, -0.2) is 53.7 Å². The molecule has 0 radical (unpaired) electrons. The van der Waals surface area contributed by atoms with E-state index in [-0.39, 0.29) is 12.5 Å². The first kappa shape index (κ1) is 11.9. The van der Waals surface area contributed by atoms with Crippen LogP contribution in [0.3, 0.4) is 0 Å². The zero-order valence-corrected chi connectivity index (χ0v) is 8.93. The number of hydrogen-bond donors (Lipinski definition) is 1. The minimum Gasteiger partial charge on any atom is -0.481 e. The summed E-state index contributed by atoms with van der Waals surface area (Å²) in [5, 5.41) is 12.9. The highest BCUT2D eigenvalue weighted by Gasteiger charge is 2.23. The number of rotatable bonds is 5. The van der Waals surface area contributed by atoms with Crippen LogP contribution in [0.4, 0.5) is 0 Å². The molecule has 0 aromatic carbocycles. The number of carboxylic acid groups (broad SMARTS) is 1. The molecule has 1 rings (SSSR count). The number of piperidine rings is 1. The van der Waals surface area contributed by atoms with Crippen LogP contribution < -0.4 is 0 Å². The molecule has 1 atom stereocenters. The molecule has 0 bridgehead atoms. The highest BCUT2D eigenvalue weighted by Crippen LogP contribution is 2.14. The van der Waals surface area contributed by atoms with Crippen LogP contribution >= 0.6 is 0 Å². The van der Waals surface area contributed by atoms with Gasteiger partial charge in [-0.25, -0.2) is 0 Å². The molecule has 0 amide bonds. The van der Waals surface area contributed by atoms with Crippen molar-refractivity contribution in [2.45, 2.75) is 25.3 Å². The van der Waals surface area contributed by atoms with E-state index in [0.717, 1.165) is 25.9 Å². The fourth-order valence-corrected chi connectivity index (χ4v) is 1.86. The maximum atomic E-state index is 10.4. The molecule has 15 heavy (non-hydrogen) atoms. The minimum absolute atomic E-state index is 0.130. The summed E-state index contributed by atoms with van der Waals surface area (Å²) in [7, 11) is 1.67. The highest BCUT2D eigenvalue weighted by atomic mass is 16.4. The third-order valence-corrected chi connectivity index (χ3v) is 2.78. The van der Waals surface area contributed by atoms with Crippen molar-refractivity contribution >= 4 is 5.97 Å². The van der Waals surface area contributed by atoms with E-state index in [1.165, 1.54) is 5.01 Å². The highest BCUT2D eigenvalue weighted by molar-refractivity contribution is 5.66. The Labute approximate surface area is 88.8 Å². The van der Waals surface area contributed by atoms with E-state index in [1.807, 2.05) is 0 Å². The SMILES string of the molecule is CN(N=O)C1CCCN(CCC(=O)O)C1. The maximum absolute atomic E-state index is 10.4. The summed E-state index contributed by atoms with van der Waals surface area (Å²) in [6, 6.07) is 0.130. The molecule has 0 aromatic heterocycles. The van der Waals surface area contributed by atoms with E-state index in [9.17, 15) is 9.70 Å². The molecule has 1 unspecified atom stereocenters. The summed E-state index contributed by atoms with van der Waals surface area (Å²) < 4.78 is 0. The average molecular weight is 215 g/mol. The average Bonchev–Trinajstić information content (AvgIpc) is 2.25. The number of hydrogen-bond acceptors (Lipinski definition) is 4. The van der Waals surface area contributed by atoms with Crippen molar-refractivity contribution in [1.82, 2.24) is 9.91 Å². The van der Waals surface area contributed by atoms with Gasteiger partial charge in [-0.2, -0.15) is 0 Å². The second-order valence-electron chi connectivity index (χ2n) is 3.90. The summed E-state index contributed by atoms with van der Waals surface area (Å²) in [6.07, 6.45) is 2.10. The Morgan fingerprint density at radius 1 is 1.67 bits per heavy atom. The first-order valence-corrected chi connectivity index (χ1v) is 5.13. The van der Waals surface area contributed by atoms with Gasteiger partial charge in [-0.15, -0.1) is 4.91 Å². The van der Waals surface area contributed by atoms with E-state index >= 15 is 0 Å². The molecule has 1 saturated heterocycles. The zero-order chi connectivity index (χ0) is 11.3. The lowest BCUT2D eigenvalue weighted by Gasteiger charge is -2.34. The van der Waals surface area contributed by atoms with Crippen molar-refractivity contribution in [3.05, 3.63) is 4.91 Å². The van der Waals surface area contributed by atoms with Crippen molar-refractivity contribution in [2.24, 2.45) is 5.29 Å². The lowest BCUT2D eigenvalue weighted by atomic mass is 10.1. The predicted molar refractivity (Wildman–Crippen MR) is 55.3 cm³/mol. The largest absolute Gasteiger partial charge is 0.481 e.